The van der Waals surface area contributed by atoms with Crippen molar-refractivity contribution in [2.45, 2.75) is 37.1 Å². The molecule has 4 rings (SSSR count). The van der Waals surface area contributed by atoms with Gasteiger partial charge in [0.1, 0.15) is 18.4 Å². The number of pyridine rings is 1. The van der Waals surface area contributed by atoms with Crippen LogP contribution in [0.25, 0.3) is 0 Å². The van der Waals surface area contributed by atoms with E-state index in [4.69, 9.17) is 14.7 Å². The Morgan fingerprint density at radius 1 is 1.29 bits per heavy atom. The number of piperidine rings is 1. The summed E-state index contributed by atoms with van der Waals surface area (Å²) < 4.78 is 11.1. The van der Waals surface area contributed by atoms with Gasteiger partial charge in [0.25, 0.3) is 0 Å². The van der Waals surface area contributed by atoms with Gasteiger partial charge < -0.3 is 14.6 Å². The number of carbonyl (C=O) groups is 1. The topological polar surface area (TPSA) is 95.7 Å². The summed E-state index contributed by atoms with van der Waals surface area (Å²) in [5, 5.41) is 20.4. The number of fused-ring (bicyclic) bond motifs is 2. The monoisotopic (exact) mass is 379 g/mol. The van der Waals surface area contributed by atoms with Crippen LogP contribution in [0.15, 0.2) is 48.7 Å². The highest BCUT2D eigenvalue weighted by Crippen LogP contribution is 2.41. The molecule has 2 atom stereocenters. The molecule has 0 radical (unpaired) electrons. The lowest BCUT2D eigenvalue weighted by molar-refractivity contribution is -0.137. The van der Waals surface area contributed by atoms with Crippen LogP contribution in [-0.4, -0.2) is 46.4 Å². The van der Waals surface area contributed by atoms with Crippen molar-refractivity contribution < 1.29 is 19.4 Å². The summed E-state index contributed by atoms with van der Waals surface area (Å²) in [7, 11) is 0. The fourth-order valence-electron chi connectivity index (χ4n) is 4.09. The SMILES string of the molecule is N#Cc1cc(C2(O)CC3COCC(C2)N3C(=O)OCc2ccccc2)ccn1. The number of hydrogen-bond acceptors (Lipinski definition) is 6. The molecule has 144 valence electrons. The quantitative estimate of drug-likeness (QED) is 0.879. The molecule has 0 spiro atoms. The summed E-state index contributed by atoms with van der Waals surface area (Å²) in [4.78, 5) is 18.4. The Kier molecular flexibility index (Phi) is 4.99. The summed E-state index contributed by atoms with van der Waals surface area (Å²) >= 11 is 0. The number of amides is 1. The van der Waals surface area contributed by atoms with Crippen LogP contribution in [0.3, 0.4) is 0 Å². The van der Waals surface area contributed by atoms with Gasteiger partial charge in [0.15, 0.2) is 0 Å². The first-order chi connectivity index (χ1) is 13.6. The third kappa shape index (κ3) is 3.57. The molecular weight excluding hydrogens is 358 g/mol. The average Bonchev–Trinajstić information content (AvgIpc) is 2.72. The summed E-state index contributed by atoms with van der Waals surface area (Å²) in [6.07, 6.45) is 1.77. The van der Waals surface area contributed by atoms with E-state index < -0.39 is 11.7 Å². The number of aliphatic hydroxyl groups is 1. The van der Waals surface area contributed by atoms with Gasteiger partial charge >= 0.3 is 6.09 Å². The molecular formula is C21H21N3O4. The molecule has 2 aromatic rings. The highest BCUT2D eigenvalue weighted by atomic mass is 16.6. The van der Waals surface area contributed by atoms with Gasteiger partial charge in [0, 0.05) is 19.0 Å². The van der Waals surface area contributed by atoms with Gasteiger partial charge in [-0.25, -0.2) is 9.78 Å². The minimum absolute atomic E-state index is 0.205. The van der Waals surface area contributed by atoms with Gasteiger partial charge in [0.2, 0.25) is 0 Å². The van der Waals surface area contributed by atoms with Gasteiger partial charge in [-0.3, -0.25) is 4.90 Å². The number of benzene rings is 1. The molecule has 2 aliphatic rings. The smallest absolute Gasteiger partial charge is 0.410 e. The van der Waals surface area contributed by atoms with Gasteiger partial charge in [-0.05, 0) is 23.3 Å². The largest absolute Gasteiger partial charge is 0.445 e. The molecule has 3 heterocycles. The van der Waals surface area contributed by atoms with Gasteiger partial charge in [-0.15, -0.1) is 0 Å². The van der Waals surface area contributed by atoms with Crippen molar-refractivity contribution in [1.29, 1.82) is 5.26 Å². The molecule has 1 amide bonds. The molecule has 1 N–H and O–H groups in total. The Balaban J connectivity index is 1.50. The number of nitrogens with zero attached hydrogens (tertiary/aromatic N) is 3. The maximum absolute atomic E-state index is 12.7. The number of ether oxygens (including phenoxy) is 2. The minimum Gasteiger partial charge on any atom is -0.445 e. The molecule has 0 aliphatic carbocycles. The normalized spacial score (nSPS) is 26.4. The van der Waals surface area contributed by atoms with Crippen LogP contribution < -0.4 is 0 Å². The van der Waals surface area contributed by atoms with Crippen molar-refractivity contribution in [3.63, 3.8) is 0 Å². The maximum Gasteiger partial charge on any atom is 0.410 e. The summed E-state index contributed by atoms with van der Waals surface area (Å²) in [5.74, 6) is 0. The number of aromatic nitrogens is 1. The summed E-state index contributed by atoms with van der Waals surface area (Å²) in [6, 6.07) is 14.3. The van der Waals surface area contributed by atoms with Crippen LogP contribution in [0, 0.1) is 11.3 Å². The third-order valence-electron chi connectivity index (χ3n) is 5.38. The fourth-order valence-corrected chi connectivity index (χ4v) is 4.09. The van der Waals surface area contributed by atoms with Crippen molar-refractivity contribution in [1.82, 2.24) is 9.88 Å². The van der Waals surface area contributed by atoms with E-state index in [1.165, 1.54) is 6.20 Å². The molecule has 2 saturated heterocycles. The number of rotatable bonds is 3. The Bertz CT molecular complexity index is 882. The first kappa shape index (κ1) is 18.4. The predicted octanol–water partition coefficient (Wildman–Crippen LogP) is 2.34. The van der Waals surface area contributed by atoms with E-state index in [0.29, 0.717) is 31.6 Å². The molecule has 7 heteroatoms. The first-order valence-corrected chi connectivity index (χ1v) is 9.25. The Morgan fingerprint density at radius 3 is 2.68 bits per heavy atom. The maximum atomic E-state index is 12.7. The van der Waals surface area contributed by atoms with E-state index in [1.54, 1.807) is 17.0 Å². The van der Waals surface area contributed by atoms with Gasteiger partial charge in [-0.2, -0.15) is 5.26 Å². The average molecular weight is 379 g/mol. The molecule has 7 nitrogen and oxygen atoms in total. The van der Waals surface area contributed by atoms with E-state index in [2.05, 4.69) is 4.98 Å². The van der Waals surface area contributed by atoms with Crippen LogP contribution in [0.1, 0.15) is 29.7 Å². The molecule has 2 bridgehead atoms. The van der Waals surface area contributed by atoms with Crippen LogP contribution in [-0.2, 0) is 21.7 Å². The molecule has 28 heavy (non-hydrogen) atoms. The second-order valence-corrected chi connectivity index (χ2v) is 7.27. The van der Waals surface area contributed by atoms with Crippen LogP contribution in [0.2, 0.25) is 0 Å². The van der Waals surface area contributed by atoms with E-state index in [9.17, 15) is 9.90 Å². The van der Waals surface area contributed by atoms with Crippen molar-refractivity contribution in [2.75, 3.05) is 13.2 Å². The lowest BCUT2D eigenvalue weighted by atomic mass is 9.77. The van der Waals surface area contributed by atoms with Crippen LogP contribution >= 0.6 is 0 Å². The second-order valence-electron chi connectivity index (χ2n) is 7.27. The molecule has 1 aromatic carbocycles. The van der Waals surface area contributed by atoms with Crippen molar-refractivity contribution in [3.05, 3.63) is 65.5 Å². The Morgan fingerprint density at radius 2 is 2.00 bits per heavy atom. The molecule has 2 unspecified atom stereocenters. The number of hydrogen-bond donors (Lipinski definition) is 1. The van der Waals surface area contributed by atoms with E-state index >= 15 is 0 Å². The van der Waals surface area contributed by atoms with Crippen molar-refractivity contribution in [3.8, 4) is 6.07 Å². The lowest BCUT2D eigenvalue weighted by Gasteiger charge is -2.51. The minimum atomic E-state index is -1.14. The molecule has 2 aliphatic heterocycles. The van der Waals surface area contributed by atoms with Gasteiger partial charge in [-0.1, -0.05) is 30.3 Å². The highest BCUT2D eigenvalue weighted by molar-refractivity contribution is 5.69. The second kappa shape index (κ2) is 7.58. The third-order valence-corrected chi connectivity index (χ3v) is 5.38. The van der Waals surface area contributed by atoms with Crippen LogP contribution in [0.5, 0.6) is 0 Å². The first-order valence-electron chi connectivity index (χ1n) is 9.25. The summed E-state index contributed by atoms with van der Waals surface area (Å²) in [5.41, 5.74) is 0.695. The van der Waals surface area contributed by atoms with Crippen LogP contribution in [0.4, 0.5) is 4.79 Å². The standard InChI is InChI=1S/C21H21N3O4/c22-11-17-8-16(6-7-23-17)21(26)9-18-13-27-14-19(10-21)24(18)20(25)28-12-15-4-2-1-3-5-15/h1-8,18-19,26H,9-10,12-14H2. The number of morpholine rings is 1. The lowest BCUT2D eigenvalue weighted by Crippen LogP contribution is -2.62. The van der Waals surface area contributed by atoms with E-state index in [-0.39, 0.29) is 24.4 Å². The summed E-state index contributed by atoms with van der Waals surface area (Å²) in [6.45, 7) is 0.890. The van der Waals surface area contributed by atoms with E-state index in [1.807, 2.05) is 36.4 Å². The zero-order valence-electron chi connectivity index (χ0n) is 15.3. The number of carbonyl (C=O) groups excluding carboxylic acids is 1. The highest BCUT2D eigenvalue weighted by Gasteiger charge is 2.49. The predicted molar refractivity (Wildman–Crippen MR) is 98.9 cm³/mol. The Hall–Kier alpha value is -2.95. The number of nitriles is 1. The fraction of sp³-hybridized carbons (Fsp3) is 0.381. The Labute approximate surface area is 163 Å². The van der Waals surface area contributed by atoms with Gasteiger partial charge in [0.05, 0.1) is 30.9 Å². The molecule has 0 saturated carbocycles. The zero-order chi connectivity index (χ0) is 19.6. The zero-order valence-corrected chi connectivity index (χ0v) is 15.3. The molecule has 2 fully saturated rings. The van der Waals surface area contributed by atoms with Crippen molar-refractivity contribution >= 4 is 6.09 Å². The van der Waals surface area contributed by atoms with E-state index in [0.717, 1.165) is 5.56 Å². The molecule has 1 aromatic heterocycles. The van der Waals surface area contributed by atoms with Crippen molar-refractivity contribution in [2.24, 2.45) is 0 Å².